The lowest BCUT2D eigenvalue weighted by molar-refractivity contribution is -0.140. The Morgan fingerprint density at radius 3 is 2.52 bits per heavy atom. The van der Waals surface area contributed by atoms with Crippen LogP contribution < -0.4 is 9.64 Å². The second-order valence-electron chi connectivity index (χ2n) is 5.36. The van der Waals surface area contributed by atoms with Crippen LogP contribution in [-0.2, 0) is 12.8 Å². The van der Waals surface area contributed by atoms with Crippen LogP contribution in [0, 0.1) is 5.82 Å². The molecule has 8 heteroatoms. The summed E-state index contributed by atoms with van der Waals surface area (Å²) in [6.07, 6.45) is -4.76. The highest BCUT2D eigenvalue weighted by Crippen LogP contribution is 2.34. The highest BCUT2D eigenvalue weighted by molar-refractivity contribution is 9.10. The van der Waals surface area contributed by atoms with Crippen LogP contribution in [0.25, 0.3) is 0 Å². The fourth-order valence-electron chi connectivity index (χ4n) is 2.22. The Balaban J connectivity index is 2.22. The normalized spacial score (nSPS) is 11.5. The molecule has 0 aliphatic carbocycles. The van der Waals surface area contributed by atoms with Gasteiger partial charge in [0.25, 0.3) is 0 Å². The molecule has 0 saturated carbocycles. The molecule has 0 bridgehead atoms. The maximum absolute atomic E-state index is 13.3. The average Bonchev–Trinajstić information content (AvgIpc) is 2.54. The minimum Gasteiger partial charge on any atom is -0.487 e. The molecule has 3 nitrogen and oxygen atoms in total. The van der Waals surface area contributed by atoms with Gasteiger partial charge in [0, 0.05) is 18.1 Å². The van der Waals surface area contributed by atoms with Gasteiger partial charge in [-0.05, 0) is 35.9 Å². The molecule has 0 radical (unpaired) electrons. The van der Waals surface area contributed by atoms with Gasteiger partial charge in [-0.1, -0.05) is 22.0 Å². The highest BCUT2D eigenvalue weighted by Gasteiger charge is 2.34. The average molecular weight is 422 g/mol. The van der Waals surface area contributed by atoms with Gasteiger partial charge < -0.3 is 14.7 Å². The third kappa shape index (κ3) is 5.09. The Kier molecular flexibility index (Phi) is 6.29. The smallest absolute Gasteiger partial charge is 0.419 e. The molecule has 0 aliphatic heterocycles. The van der Waals surface area contributed by atoms with Crippen LogP contribution in [0.2, 0.25) is 0 Å². The summed E-state index contributed by atoms with van der Waals surface area (Å²) < 4.78 is 58.1. The number of rotatable bonds is 6. The molecule has 0 aromatic heterocycles. The maximum Gasteiger partial charge on any atom is 0.419 e. The van der Waals surface area contributed by atoms with E-state index in [2.05, 4.69) is 15.9 Å². The lowest BCUT2D eigenvalue weighted by Crippen LogP contribution is -2.21. The number of hydrogen-bond donors (Lipinski definition) is 1. The monoisotopic (exact) mass is 421 g/mol. The van der Waals surface area contributed by atoms with Crippen molar-refractivity contribution in [3.8, 4) is 5.75 Å². The van der Waals surface area contributed by atoms with Gasteiger partial charge in [-0.3, -0.25) is 0 Å². The number of benzene rings is 2. The van der Waals surface area contributed by atoms with Gasteiger partial charge >= 0.3 is 6.18 Å². The molecule has 0 aliphatic rings. The summed E-state index contributed by atoms with van der Waals surface area (Å²) >= 11 is 3.34. The molecule has 0 fully saturated rings. The zero-order valence-corrected chi connectivity index (χ0v) is 14.9. The van der Waals surface area contributed by atoms with Gasteiger partial charge in [0.15, 0.2) is 0 Å². The van der Waals surface area contributed by atoms with E-state index in [1.807, 2.05) is 0 Å². The van der Waals surface area contributed by atoms with E-state index < -0.39 is 17.6 Å². The molecular formula is C17H16BrF4NO2. The summed E-state index contributed by atoms with van der Waals surface area (Å²) in [6.45, 7) is 0.155. The van der Waals surface area contributed by atoms with Crippen molar-refractivity contribution in [2.45, 2.75) is 12.8 Å². The van der Waals surface area contributed by atoms with E-state index in [-0.39, 0.29) is 18.8 Å². The van der Waals surface area contributed by atoms with E-state index in [0.717, 1.165) is 16.6 Å². The largest absolute Gasteiger partial charge is 0.487 e. The summed E-state index contributed by atoms with van der Waals surface area (Å²) in [5.41, 5.74) is -0.448. The number of ether oxygens (including phenoxy) is 1. The predicted octanol–water partition coefficient (Wildman–Crippen LogP) is 4.61. The molecule has 136 valence electrons. The number of aliphatic hydroxyl groups excluding tert-OH is 1. The summed E-state index contributed by atoms with van der Waals surface area (Å²) in [4.78, 5) is 1.76. The van der Waals surface area contributed by atoms with Crippen LogP contribution in [0.3, 0.4) is 0 Å². The molecule has 0 unspecified atom stereocenters. The summed E-state index contributed by atoms with van der Waals surface area (Å²) in [7, 11) is 1.75. The molecule has 0 atom stereocenters. The van der Waals surface area contributed by atoms with Gasteiger partial charge in [-0.25, -0.2) is 4.39 Å². The molecule has 2 aromatic carbocycles. The minimum atomic E-state index is -4.76. The maximum atomic E-state index is 13.3. The van der Waals surface area contributed by atoms with Crippen molar-refractivity contribution in [1.82, 2.24) is 0 Å². The van der Waals surface area contributed by atoms with Crippen molar-refractivity contribution in [2.24, 2.45) is 0 Å². The zero-order chi connectivity index (χ0) is 18.6. The number of halogens is 5. The Bertz CT molecular complexity index is 737. The lowest BCUT2D eigenvalue weighted by atomic mass is 10.1. The highest BCUT2D eigenvalue weighted by atomic mass is 79.9. The minimum absolute atomic E-state index is 0.0602. The van der Waals surface area contributed by atoms with Crippen LogP contribution in [0.4, 0.5) is 23.2 Å². The Morgan fingerprint density at radius 1 is 1.16 bits per heavy atom. The summed E-state index contributed by atoms with van der Waals surface area (Å²) in [5, 5.41) is 9.06. The molecule has 25 heavy (non-hydrogen) atoms. The van der Waals surface area contributed by atoms with Crippen LogP contribution in [-0.4, -0.2) is 25.3 Å². The van der Waals surface area contributed by atoms with Crippen molar-refractivity contribution in [3.63, 3.8) is 0 Å². The lowest BCUT2D eigenvalue weighted by Gasteiger charge is -2.22. The van der Waals surface area contributed by atoms with Gasteiger partial charge in [0.05, 0.1) is 17.9 Å². The van der Waals surface area contributed by atoms with E-state index in [4.69, 9.17) is 9.84 Å². The van der Waals surface area contributed by atoms with Crippen molar-refractivity contribution < 1.29 is 27.4 Å². The number of hydrogen-bond acceptors (Lipinski definition) is 3. The summed E-state index contributed by atoms with van der Waals surface area (Å²) in [6, 6.07) is 7.95. The Hall–Kier alpha value is -1.80. The number of likely N-dealkylation sites (N-methyl/N-ethyl adjacent to an activating group) is 1. The molecule has 0 saturated heterocycles. The van der Waals surface area contributed by atoms with E-state index >= 15 is 0 Å². The van der Waals surface area contributed by atoms with E-state index in [0.29, 0.717) is 18.0 Å². The van der Waals surface area contributed by atoms with Crippen LogP contribution in [0.1, 0.15) is 11.1 Å². The fourth-order valence-corrected chi connectivity index (χ4v) is 2.57. The topological polar surface area (TPSA) is 32.7 Å². The number of aliphatic hydroxyl groups is 1. The Labute approximate surface area is 151 Å². The van der Waals surface area contributed by atoms with Gasteiger partial charge in [0.2, 0.25) is 0 Å². The first-order valence-electron chi connectivity index (χ1n) is 7.32. The fraction of sp³-hybridized carbons (Fsp3) is 0.294. The second-order valence-corrected chi connectivity index (χ2v) is 6.27. The zero-order valence-electron chi connectivity index (χ0n) is 13.3. The Morgan fingerprint density at radius 2 is 1.88 bits per heavy atom. The molecule has 2 rings (SSSR count). The molecule has 0 amide bonds. The van der Waals surface area contributed by atoms with Crippen molar-refractivity contribution in [2.75, 3.05) is 25.1 Å². The quantitative estimate of drug-likeness (QED) is 0.691. The SMILES string of the molecule is CN(CCO)c1cc(Br)ccc1OCc1ccc(F)c(C(F)(F)F)c1. The first-order chi connectivity index (χ1) is 11.7. The van der Waals surface area contributed by atoms with Gasteiger partial charge in [-0.2, -0.15) is 13.2 Å². The first-order valence-corrected chi connectivity index (χ1v) is 8.11. The van der Waals surface area contributed by atoms with Crippen molar-refractivity contribution >= 4 is 21.6 Å². The number of anilines is 1. The van der Waals surface area contributed by atoms with Crippen LogP contribution in [0.15, 0.2) is 40.9 Å². The van der Waals surface area contributed by atoms with Crippen molar-refractivity contribution in [1.29, 1.82) is 0 Å². The van der Waals surface area contributed by atoms with Crippen molar-refractivity contribution in [3.05, 3.63) is 57.8 Å². The standard InChI is InChI=1S/C17H16BrF4NO2/c1-23(6-7-24)15-9-12(18)3-5-16(15)25-10-11-2-4-14(19)13(8-11)17(20,21)22/h2-5,8-9,24H,6-7,10H2,1H3. The first kappa shape index (κ1) is 19.5. The van der Waals surface area contributed by atoms with E-state index in [9.17, 15) is 17.6 Å². The number of alkyl halides is 3. The van der Waals surface area contributed by atoms with Crippen LogP contribution >= 0.6 is 15.9 Å². The molecule has 2 aromatic rings. The summed E-state index contributed by atoms with van der Waals surface area (Å²) in [5.74, 6) is -0.875. The van der Waals surface area contributed by atoms with E-state index in [1.165, 1.54) is 6.07 Å². The third-order valence-corrected chi connectivity index (χ3v) is 3.99. The molecular weight excluding hydrogens is 406 g/mol. The van der Waals surface area contributed by atoms with Gasteiger partial charge in [-0.15, -0.1) is 0 Å². The molecule has 1 N–H and O–H groups in total. The van der Waals surface area contributed by atoms with Crippen LogP contribution in [0.5, 0.6) is 5.75 Å². The molecule has 0 spiro atoms. The van der Waals surface area contributed by atoms with E-state index in [1.54, 1.807) is 30.1 Å². The predicted molar refractivity (Wildman–Crippen MR) is 90.2 cm³/mol. The van der Waals surface area contributed by atoms with Gasteiger partial charge in [0.1, 0.15) is 18.2 Å². The number of nitrogens with zero attached hydrogens (tertiary/aromatic N) is 1. The molecule has 0 heterocycles. The second kappa shape index (κ2) is 8.05. The third-order valence-electron chi connectivity index (χ3n) is 3.50.